The van der Waals surface area contributed by atoms with Crippen molar-refractivity contribution in [2.75, 3.05) is 37.4 Å². The topological polar surface area (TPSA) is 184 Å². The predicted octanol–water partition coefficient (Wildman–Crippen LogP) is 8.01. The van der Waals surface area contributed by atoms with Crippen molar-refractivity contribution in [3.8, 4) is 17.2 Å². The number of carbonyl (C=O) groups excluding carboxylic acids is 2. The number of carbonyl (C=O) groups is 2. The number of halogens is 1. The average molecular weight is 970 g/mol. The first-order chi connectivity index (χ1) is 33.6. The van der Waals surface area contributed by atoms with Crippen LogP contribution in [0.2, 0.25) is 0 Å². The van der Waals surface area contributed by atoms with Crippen molar-refractivity contribution in [3.05, 3.63) is 133 Å². The molecule has 3 unspecified atom stereocenters. The van der Waals surface area contributed by atoms with Crippen LogP contribution in [0.1, 0.15) is 116 Å². The Morgan fingerprint density at radius 3 is 2.30 bits per heavy atom. The number of fused-ring (bicyclic) bond motifs is 2. The first-order valence-electron chi connectivity index (χ1n) is 24.5. The van der Waals surface area contributed by atoms with Crippen LogP contribution in [0.25, 0.3) is 28.1 Å². The molecule has 3 fully saturated rings. The lowest BCUT2D eigenvalue weighted by molar-refractivity contribution is -0.117. The van der Waals surface area contributed by atoms with E-state index in [1.807, 2.05) is 36.3 Å². The van der Waals surface area contributed by atoms with Gasteiger partial charge in [0.2, 0.25) is 5.91 Å². The minimum atomic E-state index is -2.85. The number of nitrogens with one attached hydrogen (secondary N) is 2. The first kappa shape index (κ1) is 45.8. The molecule has 2 N–H and O–H groups in total. The van der Waals surface area contributed by atoms with Crippen LogP contribution in [0.4, 0.5) is 10.1 Å². The van der Waals surface area contributed by atoms with E-state index in [0.29, 0.717) is 113 Å². The Labute approximate surface area is 403 Å². The number of imidazole rings is 1. The Morgan fingerprint density at radius 1 is 0.929 bits per heavy atom. The molecule has 3 aromatic carbocycles. The molecule has 2 amide bonds. The van der Waals surface area contributed by atoms with Crippen molar-refractivity contribution in [1.82, 2.24) is 38.5 Å². The third-order valence-electron chi connectivity index (χ3n) is 15.6. The van der Waals surface area contributed by atoms with Gasteiger partial charge in [-0.2, -0.15) is 5.10 Å². The number of aromatic nitrogens is 7. The summed E-state index contributed by atoms with van der Waals surface area (Å²) in [5.41, 5.74) is 4.71. The molecule has 6 heterocycles. The van der Waals surface area contributed by atoms with Crippen molar-refractivity contribution < 1.29 is 27.8 Å². The highest BCUT2D eigenvalue weighted by Crippen LogP contribution is 2.56. The molecule has 70 heavy (non-hydrogen) atoms. The second-order valence-corrected chi connectivity index (χ2v) is 23.3. The van der Waals surface area contributed by atoms with E-state index in [1.165, 1.54) is 14.7 Å². The Morgan fingerprint density at radius 2 is 1.64 bits per heavy atom. The van der Waals surface area contributed by atoms with Gasteiger partial charge in [-0.3, -0.25) is 28.2 Å². The first-order valence-corrected chi connectivity index (χ1v) is 26.6. The van der Waals surface area contributed by atoms with E-state index in [9.17, 15) is 14.2 Å². The summed E-state index contributed by atoms with van der Waals surface area (Å²) in [6.45, 7) is 12.8. The molecule has 1 saturated heterocycles. The summed E-state index contributed by atoms with van der Waals surface area (Å²) in [7, 11) is -2.85. The Kier molecular flexibility index (Phi) is 11.2. The van der Waals surface area contributed by atoms with Gasteiger partial charge in [0, 0.05) is 78.6 Å². The number of rotatable bonds is 12. The van der Waals surface area contributed by atoms with Gasteiger partial charge in [0.1, 0.15) is 30.0 Å². The summed E-state index contributed by atoms with van der Waals surface area (Å²) in [5, 5.41) is 13.8. The Balaban J connectivity index is 1.04. The van der Waals surface area contributed by atoms with E-state index in [2.05, 4.69) is 40.6 Å². The molecule has 11 rings (SSSR count). The molecular formula is C52H57FN9O7P. The molecule has 16 nitrogen and oxygen atoms in total. The third-order valence-corrected chi connectivity index (χ3v) is 18.9. The van der Waals surface area contributed by atoms with E-state index < -0.39 is 30.2 Å². The minimum absolute atomic E-state index is 0.00358. The van der Waals surface area contributed by atoms with Crippen molar-refractivity contribution in [2.24, 2.45) is 11.8 Å². The number of benzene rings is 3. The number of ether oxygens (including phenoxy) is 1. The van der Waals surface area contributed by atoms with Crippen LogP contribution in [0, 0.1) is 31.5 Å². The van der Waals surface area contributed by atoms with E-state index in [0.717, 1.165) is 36.6 Å². The van der Waals surface area contributed by atoms with Gasteiger partial charge in [0.25, 0.3) is 5.91 Å². The molecule has 2 aliphatic heterocycles. The molecule has 0 radical (unpaired) electrons. The molecule has 4 aromatic heterocycles. The molecule has 2 saturated carbocycles. The summed E-state index contributed by atoms with van der Waals surface area (Å²) in [4.78, 5) is 60.9. The highest BCUT2D eigenvalue weighted by atomic mass is 31.2. The smallest absolute Gasteiger partial charge is 0.381 e. The van der Waals surface area contributed by atoms with E-state index in [-0.39, 0.29) is 29.5 Å². The predicted molar refractivity (Wildman–Crippen MR) is 263 cm³/mol. The number of anilines is 1. The maximum atomic E-state index is 15.6. The summed E-state index contributed by atoms with van der Waals surface area (Å²) in [6.07, 6.45) is 8.49. The molecule has 0 bridgehead atoms. The van der Waals surface area contributed by atoms with Crippen molar-refractivity contribution in [1.29, 1.82) is 0 Å². The van der Waals surface area contributed by atoms with Crippen LogP contribution in [0.5, 0.6) is 0 Å². The van der Waals surface area contributed by atoms with Gasteiger partial charge < -0.3 is 24.1 Å². The summed E-state index contributed by atoms with van der Waals surface area (Å²) in [6, 6.07) is 16.3. The van der Waals surface area contributed by atoms with Gasteiger partial charge in [0.05, 0.1) is 28.8 Å². The number of hydrogen-bond acceptors (Lipinski definition) is 9. The molecule has 3 atom stereocenters. The maximum absolute atomic E-state index is 15.6. The lowest BCUT2D eigenvalue weighted by Crippen LogP contribution is -2.41. The maximum Gasteiger partial charge on any atom is 0.438 e. The number of aryl methyl sites for hydroxylation is 2. The number of amides is 2. The standard InChI is InChI=1S/C52H57FN9O7P/c1-7-70(67,8-2)43-14-12-37(27-40(43)54-46(63)34-9-10-34)59-19-20-60(51(59)66)47-44-32(6)58(18-15-39(44)56-62(47)38-23-29(3)45(53)30(4)24-38)48(64)42-26-36-25-35(33-16-21-68-22-17-33)11-13-41(36)61(42)52(28-31(52)5)49-55-50(65)69-57-49/h11-14,19-20,23-27,31-34H,7-10,15-18,21-22,28H2,1-6H3,(H,54,63)(H,55,57,65). The zero-order valence-corrected chi connectivity index (χ0v) is 41.1. The normalized spacial score (nSPS) is 20.5. The van der Waals surface area contributed by atoms with Gasteiger partial charge in [-0.05, 0) is 130 Å². The highest BCUT2D eigenvalue weighted by molar-refractivity contribution is 7.71. The number of hydrogen-bond donors (Lipinski definition) is 2. The lowest BCUT2D eigenvalue weighted by atomic mass is 9.91. The van der Waals surface area contributed by atoms with Gasteiger partial charge in [0.15, 0.2) is 5.82 Å². The van der Waals surface area contributed by atoms with Crippen molar-refractivity contribution in [3.63, 3.8) is 0 Å². The van der Waals surface area contributed by atoms with Gasteiger partial charge >= 0.3 is 11.4 Å². The number of H-pyrrole nitrogens is 1. The van der Waals surface area contributed by atoms with Crippen LogP contribution < -0.4 is 22.1 Å². The van der Waals surface area contributed by atoms with Gasteiger partial charge in [-0.1, -0.05) is 32.0 Å². The van der Waals surface area contributed by atoms with Crippen molar-refractivity contribution >= 4 is 40.9 Å². The largest absolute Gasteiger partial charge is 0.438 e. The van der Waals surface area contributed by atoms with Crippen LogP contribution >= 0.6 is 7.14 Å². The monoisotopic (exact) mass is 969 g/mol. The average Bonchev–Trinajstić information content (AvgIpc) is 4.09. The lowest BCUT2D eigenvalue weighted by Gasteiger charge is -2.34. The summed E-state index contributed by atoms with van der Waals surface area (Å²) < 4.78 is 46.8. The highest BCUT2D eigenvalue weighted by Gasteiger charge is 2.59. The van der Waals surface area contributed by atoms with E-state index >= 15 is 14.0 Å². The molecular weight excluding hydrogens is 913 g/mol. The SMILES string of the molecule is CCP(=O)(CC)c1ccc(-n2ccn(-c3c4c(nn3-c3cc(C)c(F)c(C)c3)CCN(C(=O)c3cc5cc(C6CCOCC6)ccc5n3C3(c5noc(=O)[nH]5)CC3C)C4C)c2=O)cc1NC(=O)C1CC1. The minimum Gasteiger partial charge on any atom is -0.381 e. The van der Waals surface area contributed by atoms with E-state index in [1.54, 1.807) is 61.3 Å². The molecule has 4 aliphatic rings. The van der Waals surface area contributed by atoms with E-state index in [4.69, 9.17) is 14.4 Å². The molecule has 7 aromatic rings. The number of aromatic amines is 1. The molecule has 0 spiro atoms. The Bertz CT molecular complexity index is 3410. The van der Waals surface area contributed by atoms with Crippen LogP contribution in [-0.2, 0) is 26.1 Å². The van der Waals surface area contributed by atoms with Gasteiger partial charge in [-0.15, -0.1) is 0 Å². The second kappa shape index (κ2) is 17.1. The van der Waals surface area contributed by atoms with Crippen LogP contribution in [0.15, 0.2) is 81.1 Å². The fraction of sp³-hybridized carbons (Fsp3) is 0.423. The number of nitrogens with zero attached hydrogens (tertiary/aromatic N) is 7. The van der Waals surface area contributed by atoms with Gasteiger partial charge in [-0.25, -0.2) is 18.7 Å². The Hall–Kier alpha value is -6.58. The fourth-order valence-corrected chi connectivity index (χ4v) is 13.3. The van der Waals surface area contributed by atoms with Crippen LogP contribution in [0.3, 0.4) is 0 Å². The third kappa shape index (κ3) is 7.37. The zero-order valence-electron chi connectivity index (χ0n) is 40.3. The quantitative estimate of drug-likeness (QED) is 0.115. The zero-order chi connectivity index (χ0) is 49.0. The van der Waals surface area contributed by atoms with Crippen LogP contribution in [-0.4, -0.2) is 82.4 Å². The van der Waals surface area contributed by atoms with Crippen molar-refractivity contribution in [2.45, 2.75) is 97.6 Å². The molecule has 18 heteroatoms. The molecule has 2 aliphatic carbocycles. The summed E-state index contributed by atoms with van der Waals surface area (Å²) in [5.74, 6) is -0.427. The summed E-state index contributed by atoms with van der Waals surface area (Å²) >= 11 is 0. The second-order valence-electron chi connectivity index (χ2n) is 19.8. The fourth-order valence-electron chi connectivity index (χ4n) is 11.2. The molecule has 364 valence electrons.